The van der Waals surface area contributed by atoms with Crippen molar-refractivity contribution in [3.8, 4) is 0 Å². The third-order valence-corrected chi connectivity index (χ3v) is 12.1. The quantitative estimate of drug-likeness (QED) is 0.0288. The van der Waals surface area contributed by atoms with E-state index >= 15 is 0 Å². The molecule has 0 amide bonds. The van der Waals surface area contributed by atoms with Gasteiger partial charge in [-0.25, -0.2) is 0 Å². The molecule has 0 aliphatic carbocycles. The van der Waals surface area contributed by atoms with E-state index in [2.05, 4.69) is 32.6 Å². The van der Waals surface area contributed by atoms with E-state index in [-0.39, 0.29) is 23.6 Å². The second-order valence-corrected chi connectivity index (χ2v) is 18.7. The summed E-state index contributed by atoms with van der Waals surface area (Å²) in [6.07, 6.45) is 41.5. The van der Waals surface area contributed by atoms with E-state index in [1.54, 1.807) is 0 Å². The largest absolute Gasteiger partial charge is 0.464 e. The zero-order chi connectivity index (χ0) is 38.2. The molecule has 1 atom stereocenters. The summed E-state index contributed by atoms with van der Waals surface area (Å²) in [6, 6.07) is 0. The summed E-state index contributed by atoms with van der Waals surface area (Å²) in [6.45, 7) is 9.72. The average molecular weight is 770 g/mol. The van der Waals surface area contributed by atoms with Crippen molar-refractivity contribution in [2.24, 2.45) is 0 Å². The number of esters is 2. The summed E-state index contributed by atoms with van der Waals surface area (Å²) >= 11 is 9.79. The van der Waals surface area contributed by atoms with Crippen molar-refractivity contribution in [3.63, 3.8) is 0 Å². The minimum Gasteiger partial charge on any atom is -0.464 e. The molecule has 1 aliphatic heterocycles. The van der Waals surface area contributed by atoms with Gasteiger partial charge in [0.1, 0.15) is 16.9 Å². The molecule has 1 heterocycles. The highest BCUT2D eigenvalue weighted by molar-refractivity contribution is 8.00. The Hall–Kier alpha value is -0.400. The molecule has 0 radical (unpaired) electrons. The molecule has 1 rings (SSSR count). The number of carbonyl (C=O) groups is 2. The van der Waals surface area contributed by atoms with Crippen molar-refractivity contribution < 1.29 is 19.1 Å². The molecule has 0 N–H and O–H groups in total. The second-order valence-electron chi connectivity index (χ2n) is 16.9. The molecule has 308 valence electrons. The second kappa shape index (κ2) is 32.8. The van der Waals surface area contributed by atoms with E-state index in [0.29, 0.717) is 38.8 Å². The van der Waals surface area contributed by atoms with E-state index in [1.807, 2.05) is 0 Å². The molecular weight excluding hydrogens is 683 g/mol. The zero-order valence-electron chi connectivity index (χ0n) is 35.0. The molecule has 0 bridgehead atoms. The van der Waals surface area contributed by atoms with Crippen LogP contribution in [0.3, 0.4) is 0 Å². The number of ether oxygens (including phenoxy) is 2. The number of likely N-dealkylation sites (tertiary alicyclic amines) is 1. The molecule has 1 fully saturated rings. The van der Waals surface area contributed by atoms with Gasteiger partial charge >= 0.3 is 11.9 Å². The molecule has 0 spiro atoms. The Morgan fingerprint density at radius 2 is 0.846 bits per heavy atom. The Morgan fingerprint density at radius 3 is 1.19 bits per heavy atom. The summed E-state index contributed by atoms with van der Waals surface area (Å²) in [5, 5.41) is 0. The maximum absolute atomic E-state index is 12.7. The lowest BCUT2D eigenvalue weighted by atomic mass is 9.88. The van der Waals surface area contributed by atoms with Crippen LogP contribution in [0.1, 0.15) is 246 Å². The van der Waals surface area contributed by atoms with Gasteiger partial charge in [-0.05, 0) is 26.7 Å². The summed E-state index contributed by atoms with van der Waals surface area (Å²) in [5.41, 5.74) is -0.290. The van der Waals surface area contributed by atoms with Crippen molar-refractivity contribution in [2.75, 3.05) is 13.2 Å². The van der Waals surface area contributed by atoms with Gasteiger partial charge < -0.3 is 9.47 Å². The highest BCUT2D eigenvalue weighted by Crippen LogP contribution is 2.44. The van der Waals surface area contributed by atoms with Gasteiger partial charge in [-0.1, -0.05) is 194 Å². The van der Waals surface area contributed by atoms with Crippen LogP contribution in [0.5, 0.6) is 0 Å². The summed E-state index contributed by atoms with van der Waals surface area (Å²) in [5.74, 6) is -0.215. The Bertz CT molecular complexity index is 833. The fraction of sp³-hybridized carbons (Fsp3) is 0.956. The predicted octanol–water partition coefficient (Wildman–Crippen LogP) is 14.4. The smallest absolute Gasteiger partial charge is 0.306 e. The molecule has 7 heteroatoms. The summed E-state index contributed by atoms with van der Waals surface area (Å²) in [7, 11) is 0. The van der Waals surface area contributed by atoms with Crippen LogP contribution in [-0.2, 0) is 19.1 Å². The average Bonchev–Trinajstić information content (AvgIpc) is 3.09. The molecular formula is C45H87NO4S2. The maximum Gasteiger partial charge on any atom is 0.306 e. The third kappa shape index (κ3) is 27.2. The molecule has 0 aromatic heterocycles. The summed E-state index contributed by atoms with van der Waals surface area (Å²) < 4.78 is 10.8. The van der Waals surface area contributed by atoms with Crippen LogP contribution in [0.2, 0.25) is 0 Å². The SMILES string of the molecule is CCCCCCCCCCCCCCCCCC(=O)OCCN1C(C)(C)CC(OC(=O)CCCCCCCCCCCCCCCCC)CC1(S)S. The van der Waals surface area contributed by atoms with Gasteiger partial charge in [0.05, 0.1) is 0 Å². The van der Waals surface area contributed by atoms with Gasteiger partial charge in [-0.3, -0.25) is 14.5 Å². The lowest BCUT2D eigenvalue weighted by Gasteiger charge is -2.53. The lowest BCUT2D eigenvalue weighted by molar-refractivity contribution is -0.157. The fourth-order valence-corrected chi connectivity index (χ4v) is 9.20. The van der Waals surface area contributed by atoms with E-state index in [9.17, 15) is 9.59 Å². The predicted molar refractivity (Wildman–Crippen MR) is 231 cm³/mol. The molecule has 0 aromatic rings. The van der Waals surface area contributed by atoms with Crippen LogP contribution in [-0.4, -0.2) is 45.8 Å². The number of unbranched alkanes of at least 4 members (excludes halogenated alkanes) is 28. The first-order valence-electron chi connectivity index (χ1n) is 22.7. The van der Waals surface area contributed by atoms with Crippen molar-refractivity contribution in [1.29, 1.82) is 0 Å². The third-order valence-electron chi connectivity index (χ3n) is 11.2. The first-order chi connectivity index (χ1) is 25.1. The minimum atomic E-state index is -0.748. The molecule has 0 saturated carbocycles. The summed E-state index contributed by atoms with van der Waals surface area (Å²) in [4.78, 5) is 27.3. The first kappa shape index (κ1) is 49.6. The van der Waals surface area contributed by atoms with Gasteiger partial charge in [-0.2, -0.15) is 0 Å². The maximum atomic E-state index is 12.7. The van der Waals surface area contributed by atoms with E-state index in [4.69, 9.17) is 34.7 Å². The van der Waals surface area contributed by atoms with Crippen molar-refractivity contribution >= 4 is 37.2 Å². The number of hydrogen-bond donors (Lipinski definition) is 2. The topological polar surface area (TPSA) is 55.8 Å². The Morgan fingerprint density at radius 1 is 0.519 bits per heavy atom. The van der Waals surface area contributed by atoms with Gasteiger partial charge in [0.25, 0.3) is 0 Å². The number of carbonyl (C=O) groups excluding carboxylic acids is 2. The Balaban J connectivity index is 2.07. The van der Waals surface area contributed by atoms with Crippen molar-refractivity contribution in [2.45, 2.75) is 262 Å². The van der Waals surface area contributed by atoms with Gasteiger partial charge in [0, 0.05) is 37.8 Å². The molecule has 1 unspecified atom stereocenters. The Labute approximate surface area is 334 Å². The van der Waals surface area contributed by atoms with E-state index < -0.39 is 4.20 Å². The number of piperidine rings is 1. The van der Waals surface area contributed by atoms with Crippen molar-refractivity contribution in [1.82, 2.24) is 4.90 Å². The monoisotopic (exact) mass is 770 g/mol. The number of thiol groups is 2. The van der Waals surface area contributed by atoms with Crippen LogP contribution in [0.25, 0.3) is 0 Å². The lowest BCUT2D eigenvalue weighted by Crippen LogP contribution is -2.61. The van der Waals surface area contributed by atoms with Crippen LogP contribution >= 0.6 is 25.3 Å². The minimum absolute atomic E-state index is 0.103. The fourth-order valence-electron chi connectivity index (χ4n) is 8.05. The molecule has 52 heavy (non-hydrogen) atoms. The molecule has 1 aliphatic rings. The highest BCUT2D eigenvalue weighted by Gasteiger charge is 2.48. The normalized spacial score (nSPS) is 17.0. The van der Waals surface area contributed by atoms with E-state index in [1.165, 1.54) is 167 Å². The van der Waals surface area contributed by atoms with Crippen LogP contribution in [0.15, 0.2) is 0 Å². The number of nitrogens with zero attached hydrogens (tertiary/aromatic N) is 1. The zero-order valence-corrected chi connectivity index (χ0v) is 36.8. The Kier molecular flexibility index (Phi) is 31.3. The highest BCUT2D eigenvalue weighted by atomic mass is 32.2. The van der Waals surface area contributed by atoms with E-state index in [0.717, 1.165) is 25.7 Å². The van der Waals surface area contributed by atoms with Gasteiger partial charge in [0.2, 0.25) is 0 Å². The molecule has 0 aromatic carbocycles. The van der Waals surface area contributed by atoms with Gasteiger partial charge in [0.15, 0.2) is 0 Å². The van der Waals surface area contributed by atoms with Crippen LogP contribution in [0, 0.1) is 0 Å². The molecule has 1 saturated heterocycles. The van der Waals surface area contributed by atoms with Crippen LogP contribution in [0.4, 0.5) is 0 Å². The standard InChI is InChI=1S/C45H87NO4S2/c1-5-7-9-11-13-15-17-19-21-23-25-27-29-31-33-35-42(47)49-38-37-46-44(3,4)39-41(40-45(46,51)52)50-43(48)36-34-32-30-28-26-24-22-20-18-16-14-12-10-8-6-2/h41,51-52H,5-40H2,1-4H3. The van der Waals surface area contributed by atoms with Crippen LogP contribution < -0.4 is 0 Å². The van der Waals surface area contributed by atoms with Gasteiger partial charge in [-0.15, -0.1) is 25.3 Å². The van der Waals surface area contributed by atoms with Crippen molar-refractivity contribution in [3.05, 3.63) is 0 Å². The first-order valence-corrected chi connectivity index (χ1v) is 23.6. The number of rotatable bonds is 36. The molecule has 5 nitrogen and oxygen atoms in total. The number of hydrogen-bond acceptors (Lipinski definition) is 7.